The summed E-state index contributed by atoms with van der Waals surface area (Å²) in [5.74, 6) is 0.182. The second-order valence-electron chi connectivity index (χ2n) is 7.34. The first-order valence-electron chi connectivity index (χ1n) is 9.27. The number of nitrogens with one attached hydrogen (secondary N) is 1. The maximum atomic E-state index is 12.8. The van der Waals surface area contributed by atoms with Crippen LogP contribution in [0.3, 0.4) is 0 Å². The normalized spacial score (nSPS) is 18.3. The number of hydrogen-bond donors (Lipinski definition) is 1. The van der Waals surface area contributed by atoms with Gasteiger partial charge in [-0.1, -0.05) is 19.1 Å². The Hall–Kier alpha value is -2.18. The van der Waals surface area contributed by atoms with E-state index in [-0.39, 0.29) is 10.8 Å². The number of sulfonamides is 1. The first-order chi connectivity index (χ1) is 12.8. The van der Waals surface area contributed by atoms with Crippen LogP contribution in [-0.2, 0) is 10.0 Å². The Balaban J connectivity index is 1.75. The summed E-state index contributed by atoms with van der Waals surface area (Å²) in [6.07, 6.45) is 1.96. The minimum atomic E-state index is -3.48. The van der Waals surface area contributed by atoms with Crippen molar-refractivity contribution in [3.05, 3.63) is 59.2 Å². The topological polar surface area (TPSA) is 66.5 Å². The van der Waals surface area contributed by atoms with Crippen LogP contribution in [0.25, 0.3) is 0 Å². The van der Waals surface area contributed by atoms with Crippen LogP contribution in [0.15, 0.2) is 47.4 Å². The van der Waals surface area contributed by atoms with Crippen molar-refractivity contribution in [1.82, 2.24) is 4.31 Å². The van der Waals surface area contributed by atoms with E-state index in [2.05, 4.69) is 12.2 Å². The van der Waals surface area contributed by atoms with Crippen molar-refractivity contribution >= 4 is 21.6 Å². The molecule has 6 heteroatoms. The minimum Gasteiger partial charge on any atom is -0.322 e. The summed E-state index contributed by atoms with van der Waals surface area (Å²) in [7, 11) is -3.48. The molecule has 0 aromatic heterocycles. The standard InChI is InChI=1S/C21H26N2O3S/c1-15-6-5-13-23(14-15)27(25,26)19-11-9-18(10-12-19)22-21(24)20-8-4-7-16(2)17(20)3/h4,7-12,15H,5-6,13-14H2,1-3H3,(H,22,24). The fraction of sp³-hybridized carbons (Fsp3) is 0.381. The van der Waals surface area contributed by atoms with Gasteiger partial charge in [0.25, 0.3) is 5.91 Å². The van der Waals surface area contributed by atoms with Crippen LogP contribution in [-0.4, -0.2) is 31.7 Å². The monoisotopic (exact) mass is 386 g/mol. The summed E-state index contributed by atoms with van der Waals surface area (Å²) < 4.78 is 27.2. The summed E-state index contributed by atoms with van der Waals surface area (Å²) in [5, 5.41) is 2.84. The zero-order valence-corrected chi connectivity index (χ0v) is 16.8. The third-order valence-electron chi connectivity index (χ3n) is 5.22. The van der Waals surface area contributed by atoms with Gasteiger partial charge in [-0.15, -0.1) is 0 Å². The molecule has 0 radical (unpaired) electrons. The number of anilines is 1. The molecule has 1 saturated heterocycles. The van der Waals surface area contributed by atoms with Gasteiger partial charge in [-0.25, -0.2) is 8.42 Å². The van der Waals surface area contributed by atoms with Crippen molar-refractivity contribution in [2.24, 2.45) is 5.92 Å². The number of piperidine rings is 1. The van der Waals surface area contributed by atoms with Crippen LogP contribution in [0, 0.1) is 19.8 Å². The van der Waals surface area contributed by atoms with E-state index in [1.807, 2.05) is 26.0 Å². The molecule has 1 heterocycles. The summed E-state index contributed by atoms with van der Waals surface area (Å²) in [6.45, 7) is 7.09. The molecule has 1 unspecified atom stereocenters. The number of rotatable bonds is 4. The number of nitrogens with zero attached hydrogens (tertiary/aromatic N) is 1. The Morgan fingerprint density at radius 1 is 1.11 bits per heavy atom. The number of aryl methyl sites for hydroxylation is 1. The predicted octanol–water partition coefficient (Wildman–Crippen LogP) is 3.98. The lowest BCUT2D eigenvalue weighted by atomic mass is 10.0. The molecule has 1 N–H and O–H groups in total. The van der Waals surface area contributed by atoms with Gasteiger partial charge >= 0.3 is 0 Å². The second kappa shape index (κ2) is 7.82. The highest BCUT2D eigenvalue weighted by molar-refractivity contribution is 7.89. The van der Waals surface area contributed by atoms with E-state index in [1.54, 1.807) is 34.6 Å². The highest BCUT2D eigenvalue weighted by Gasteiger charge is 2.28. The Bertz CT molecular complexity index is 936. The van der Waals surface area contributed by atoms with Crippen molar-refractivity contribution in [3.8, 4) is 0 Å². The molecule has 0 saturated carbocycles. The molecule has 1 aliphatic heterocycles. The highest BCUT2D eigenvalue weighted by atomic mass is 32.2. The molecule has 0 spiro atoms. The highest BCUT2D eigenvalue weighted by Crippen LogP contribution is 2.24. The maximum absolute atomic E-state index is 12.8. The van der Waals surface area contributed by atoms with Crippen molar-refractivity contribution in [1.29, 1.82) is 0 Å². The van der Waals surface area contributed by atoms with Gasteiger partial charge in [0.1, 0.15) is 0 Å². The number of carbonyl (C=O) groups excluding carboxylic acids is 1. The summed E-state index contributed by atoms with van der Waals surface area (Å²) in [4.78, 5) is 12.8. The molecule has 0 bridgehead atoms. The molecule has 1 fully saturated rings. The van der Waals surface area contributed by atoms with Gasteiger partial charge in [0.2, 0.25) is 10.0 Å². The molecule has 144 valence electrons. The maximum Gasteiger partial charge on any atom is 0.255 e. The molecule has 5 nitrogen and oxygen atoms in total. The molecule has 27 heavy (non-hydrogen) atoms. The van der Waals surface area contributed by atoms with Gasteiger partial charge in [0.05, 0.1) is 4.90 Å². The zero-order chi connectivity index (χ0) is 19.6. The van der Waals surface area contributed by atoms with Crippen LogP contribution in [0.5, 0.6) is 0 Å². The first kappa shape index (κ1) is 19.6. The summed E-state index contributed by atoms with van der Waals surface area (Å²) >= 11 is 0. The summed E-state index contributed by atoms with van der Waals surface area (Å²) in [6, 6.07) is 12.0. The quantitative estimate of drug-likeness (QED) is 0.864. The number of benzene rings is 2. The molecule has 2 aromatic carbocycles. The molecule has 0 aliphatic carbocycles. The average Bonchev–Trinajstić information content (AvgIpc) is 2.64. The van der Waals surface area contributed by atoms with Crippen LogP contribution < -0.4 is 5.32 Å². The molecular formula is C21H26N2O3S. The number of carbonyl (C=O) groups is 1. The molecule has 2 aromatic rings. The SMILES string of the molecule is Cc1cccc(C(=O)Nc2ccc(S(=O)(=O)N3CCCC(C)C3)cc2)c1C. The molecule has 1 atom stereocenters. The van der Waals surface area contributed by atoms with Crippen LogP contribution >= 0.6 is 0 Å². The van der Waals surface area contributed by atoms with Crippen molar-refractivity contribution in [2.75, 3.05) is 18.4 Å². The van der Waals surface area contributed by atoms with Crippen LogP contribution in [0.4, 0.5) is 5.69 Å². The second-order valence-corrected chi connectivity index (χ2v) is 9.27. The summed E-state index contributed by atoms with van der Waals surface area (Å²) in [5.41, 5.74) is 3.19. The van der Waals surface area contributed by atoms with E-state index >= 15 is 0 Å². The number of hydrogen-bond acceptors (Lipinski definition) is 3. The molecular weight excluding hydrogens is 360 g/mol. The zero-order valence-electron chi connectivity index (χ0n) is 16.0. The lowest BCUT2D eigenvalue weighted by Gasteiger charge is -2.30. The van der Waals surface area contributed by atoms with Gasteiger partial charge in [-0.05, 0) is 74.1 Å². The largest absolute Gasteiger partial charge is 0.322 e. The van der Waals surface area contributed by atoms with Crippen LogP contribution in [0.1, 0.15) is 41.3 Å². The van der Waals surface area contributed by atoms with E-state index < -0.39 is 10.0 Å². The molecule has 1 amide bonds. The van der Waals surface area contributed by atoms with Gasteiger partial charge in [-0.2, -0.15) is 4.31 Å². The van der Waals surface area contributed by atoms with E-state index in [9.17, 15) is 13.2 Å². The van der Waals surface area contributed by atoms with E-state index in [0.29, 0.717) is 30.3 Å². The van der Waals surface area contributed by atoms with E-state index in [1.165, 1.54) is 0 Å². The van der Waals surface area contributed by atoms with E-state index in [4.69, 9.17) is 0 Å². The third-order valence-corrected chi connectivity index (χ3v) is 7.10. The van der Waals surface area contributed by atoms with Crippen molar-refractivity contribution in [2.45, 2.75) is 38.5 Å². The smallest absolute Gasteiger partial charge is 0.255 e. The van der Waals surface area contributed by atoms with E-state index in [0.717, 1.165) is 24.0 Å². The third kappa shape index (κ3) is 4.22. The van der Waals surface area contributed by atoms with Gasteiger partial charge < -0.3 is 5.32 Å². The predicted molar refractivity (Wildman–Crippen MR) is 107 cm³/mol. The van der Waals surface area contributed by atoms with Gasteiger partial charge in [-0.3, -0.25) is 4.79 Å². The molecule has 1 aliphatic rings. The minimum absolute atomic E-state index is 0.198. The van der Waals surface area contributed by atoms with Crippen molar-refractivity contribution < 1.29 is 13.2 Å². The Labute approximate surface area is 161 Å². The fourth-order valence-corrected chi connectivity index (χ4v) is 5.02. The lowest BCUT2D eigenvalue weighted by molar-refractivity contribution is 0.102. The molecule has 3 rings (SSSR count). The van der Waals surface area contributed by atoms with Gasteiger partial charge in [0, 0.05) is 24.3 Å². The fourth-order valence-electron chi connectivity index (χ4n) is 3.42. The van der Waals surface area contributed by atoms with Crippen LogP contribution in [0.2, 0.25) is 0 Å². The Kier molecular flexibility index (Phi) is 5.67. The Morgan fingerprint density at radius 2 is 1.81 bits per heavy atom. The number of amides is 1. The lowest BCUT2D eigenvalue weighted by Crippen LogP contribution is -2.39. The van der Waals surface area contributed by atoms with Crippen molar-refractivity contribution in [3.63, 3.8) is 0 Å². The Morgan fingerprint density at radius 3 is 2.48 bits per heavy atom. The first-order valence-corrected chi connectivity index (χ1v) is 10.7. The van der Waals surface area contributed by atoms with Gasteiger partial charge in [0.15, 0.2) is 0 Å². The average molecular weight is 387 g/mol.